The van der Waals surface area contributed by atoms with Crippen molar-refractivity contribution in [2.45, 2.75) is 9.79 Å². The van der Waals surface area contributed by atoms with Gasteiger partial charge < -0.3 is 43.2 Å². The molecule has 0 spiro atoms. The Morgan fingerprint density at radius 2 is 1.25 bits per heavy atom. The van der Waals surface area contributed by atoms with Crippen LogP contribution in [0.25, 0.3) is 10.8 Å². The number of azo groups is 2. The van der Waals surface area contributed by atoms with Crippen LogP contribution in [0.2, 0.25) is 0 Å². The van der Waals surface area contributed by atoms with E-state index in [1.54, 1.807) is 19.2 Å². The molecule has 4 rings (SSSR count). The van der Waals surface area contributed by atoms with Crippen molar-refractivity contribution in [3.05, 3.63) is 74.5 Å². The number of ether oxygens (including phenoxy) is 1. The van der Waals surface area contributed by atoms with Crippen LogP contribution >= 0.6 is 0 Å². The maximum absolute atomic E-state index is 12.3. The Hall–Kier alpha value is -1.68. The standard InChI is InChI=1S/C28H26N5O7S2.Cu.3Na.2H2O4S.O3S/c1-5-41(36,37)18-9-7-17(8-10-18)30-33-27-19-11-14-22(28(35)20(19)12-13-21(27)29-3)31-32-23-15-25(40-4)26(16-24(23)34)42(38,39)6-2;;;;;2*1-5(2,3)4;1-4(2)3/h7-13,15-16,29,34-35H,1-2,5-6H2,3-4H3;;;;;2*(H2,1,2,3,4);/q-3;;3*+1;;;/p-2. The van der Waals surface area contributed by atoms with E-state index in [4.69, 9.17) is 52.4 Å². The van der Waals surface area contributed by atoms with Gasteiger partial charge in [0.1, 0.15) is 22.1 Å². The van der Waals surface area contributed by atoms with Crippen LogP contribution in [-0.4, -0.2) is 100 Å². The van der Waals surface area contributed by atoms with Crippen LogP contribution in [0, 0.1) is 19.9 Å². The second kappa shape index (κ2) is 28.9. The Balaban J connectivity index is -0.000000756. The minimum absolute atomic E-state index is 0. The first-order valence-electron chi connectivity index (χ1n) is 14.1. The zero-order valence-corrected chi connectivity index (χ0v) is 42.7. The summed E-state index contributed by atoms with van der Waals surface area (Å²) in [6.07, 6.45) is 0. The van der Waals surface area contributed by atoms with E-state index in [1.807, 2.05) is 0 Å². The Kier molecular flexibility index (Phi) is 31.3. The zero-order chi connectivity index (χ0) is 43.2. The minimum Gasteiger partial charge on any atom is -0.726 e. The molecule has 0 aliphatic rings. The monoisotopic (exact) mass is 1010 g/mol. The number of sulfone groups is 2. The van der Waals surface area contributed by atoms with E-state index in [2.05, 4.69) is 45.7 Å². The van der Waals surface area contributed by atoms with Crippen molar-refractivity contribution in [2.75, 3.05) is 31.0 Å². The van der Waals surface area contributed by atoms with Gasteiger partial charge in [-0.2, -0.15) is 27.5 Å². The summed E-state index contributed by atoms with van der Waals surface area (Å²) in [5, 5.41) is 41.7. The smallest absolute Gasteiger partial charge is 0.726 e. The number of nitrogens with zero attached hydrogens (tertiary/aromatic N) is 4. The molecule has 0 aliphatic carbocycles. The number of hydrogen-bond donors (Lipinski definition) is 5. The molecule has 0 aliphatic heterocycles. The Labute approximate surface area is 423 Å². The van der Waals surface area contributed by atoms with Crippen LogP contribution in [0.1, 0.15) is 0 Å². The SMILES string of the molecule is O=S(=O)([O-])O.O=S(=O)([O-])O.O=S(=O)=O.[CH2-]CS(=O)(=O)c1ccc(N=Nc2c(NC)ccc3c(O)c(N=Nc4cc(OC)c(S(=O)(=O)C[CH2-])cc4O)[c-]cc23)cc1.[Cu].[Na+].[Na+].[Na+]. The molecule has 0 saturated heterocycles. The predicted molar refractivity (Wildman–Crippen MR) is 193 cm³/mol. The van der Waals surface area contributed by atoms with E-state index in [0.717, 1.165) is 6.07 Å². The van der Waals surface area contributed by atoms with Gasteiger partial charge in [-0.05, 0) is 30.3 Å². The van der Waals surface area contributed by atoms with E-state index in [0.29, 0.717) is 27.8 Å². The molecule has 4 aromatic rings. The number of fused-ring (bicyclic) bond motifs is 1. The third kappa shape index (κ3) is 23.1. The molecule has 0 heterocycles. The van der Waals surface area contributed by atoms with Gasteiger partial charge in [0.25, 0.3) is 0 Å². The normalized spacial score (nSPS) is 11.0. The third-order valence-corrected chi connectivity index (χ3v) is 9.23. The van der Waals surface area contributed by atoms with Crippen molar-refractivity contribution in [2.24, 2.45) is 20.5 Å². The fourth-order valence-electron chi connectivity index (χ4n) is 3.86. The molecule has 32 heteroatoms. The van der Waals surface area contributed by atoms with Crippen LogP contribution in [0.5, 0.6) is 17.2 Å². The molecule has 0 saturated carbocycles. The van der Waals surface area contributed by atoms with Crippen molar-refractivity contribution in [1.29, 1.82) is 0 Å². The second-order valence-corrected chi connectivity index (χ2v) is 16.0. The number of hydrogen-bond acceptors (Lipinski definition) is 21. The molecule has 60 heavy (non-hydrogen) atoms. The zero-order valence-electron chi connectivity index (χ0n) is 31.7. The molecule has 1 radical (unpaired) electrons. The Morgan fingerprint density at radius 3 is 1.68 bits per heavy atom. The second-order valence-electron chi connectivity index (χ2n) is 9.74. The average molecular weight is 1020 g/mol. The third-order valence-electron chi connectivity index (χ3n) is 6.17. The summed E-state index contributed by atoms with van der Waals surface area (Å²) in [5.74, 6) is -1.50. The first-order chi connectivity index (χ1) is 25.7. The van der Waals surface area contributed by atoms with Crippen LogP contribution in [0.3, 0.4) is 0 Å². The molecular formula is C28H28CuN5Na3O18S5-2. The molecule has 319 valence electrons. The van der Waals surface area contributed by atoms with Crippen molar-refractivity contribution in [1.82, 2.24) is 0 Å². The van der Waals surface area contributed by atoms with Gasteiger partial charge in [-0.15, -0.1) is 17.7 Å². The summed E-state index contributed by atoms with van der Waals surface area (Å²) in [5.41, 5.74) is 1.22. The number of phenolic OH excluding ortho intramolecular Hbond substituents is 2. The number of rotatable bonds is 10. The van der Waals surface area contributed by atoms with Gasteiger partial charge in [0.2, 0.25) is 20.8 Å². The number of methoxy groups -OCH3 is 1. The van der Waals surface area contributed by atoms with Gasteiger partial charge in [-0.1, -0.05) is 28.3 Å². The molecule has 0 unspecified atom stereocenters. The van der Waals surface area contributed by atoms with Gasteiger partial charge in [-0.25, -0.2) is 33.7 Å². The van der Waals surface area contributed by atoms with Crippen LogP contribution in [-0.2, 0) is 68.1 Å². The van der Waals surface area contributed by atoms with E-state index >= 15 is 0 Å². The predicted octanol–water partition coefficient (Wildman–Crippen LogP) is -5.84. The fourth-order valence-corrected chi connectivity index (χ4v) is 5.61. The summed E-state index contributed by atoms with van der Waals surface area (Å²) in [6.45, 7) is 6.83. The van der Waals surface area contributed by atoms with Gasteiger partial charge in [0.15, 0.2) is 19.7 Å². The van der Waals surface area contributed by atoms with Crippen LogP contribution in [0.15, 0.2) is 84.8 Å². The Morgan fingerprint density at radius 1 is 0.767 bits per heavy atom. The largest absolute Gasteiger partial charge is 1.00 e. The van der Waals surface area contributed by atoms with Crippen LogP contribution < -0.4 is 98.7 Å². The van der Waals surface area contributed by atoms with Gasteiger partial charge in [0.05, 0.1) is 23.4 Å². The maximum Gasteiger partial charge on any atom is 1.00 e. The summed E-state index contributed by atoms with van der Waals surface area (Å²) >= 11 is 0. The molecule has 0 fully saturated rings. The summed E-state index contributed by atoms with van der Waals surface area (Å²) < 4.78 is 145. The number of phenols is 2. The van der Waals surface area contributed by atoms with E-state index in [9.17, 15) is 27.0 Å². The van der Waals surface area contributed by atoms with Crippen molar-refractivity contribution < 1.29 is 185 Å². The molecule has 23 nitrogen and oxygen atoms in total. The van der Waals surface area contributed by atoms with E-state index in [1.165, 1.54) is 43.5 Å². The number of benzene rings is 4. The summed E-state index contributed by atoms with van der Waals surface area (Å²) in [6, 6.07) is 15.8. The number of anilines is 1. The minimum atomic E-state index is -4.92. The quantitative estimate of drug-likeness (QED) is 0.0325. The summed E-state index contributed by atoms with van der Waals surface area (Å²) in [7, 11) is -17.2. The topological polar surface area (TPSA) is 386 Å². The Bertz CT molecular complexity index is 2630. The summed E-state index contributed by atoms with van der Waals surface area (Å²) in [4.78, 5) is -0.109. The van der Waals surface area contributed by atoms with Crippen molar-refractivity contribution >= 4 is 90.3 Å². The fraction of sp³-hybridized carbons (Fsp3) is 0.143. The van der Waals surface area contributed by atoms with Crippen molar-refractivity contribution in [3.63, 3.8) is 0 Å². The molecule has 0 bridgehead atoms. The van der Waals surface area contributed by atoms with Gasteiger partial charge in [-0.3, -0.25) is 9.11 Å². The molecule has 0 amide bonds. The molecule has 5 N–H and O–H groups in total. The molecule has 4 aromatic carbocycles. The van der Waals surface area contributed by atoms with Crippen LogP contribution in [0.4, 0.5) is 28.4 Å². The van der Waals surface area contributed by atoms with Gasteiger partial charge in [0, 0.05) is 53.4 Å². The number of aromatic hydroxyl groups is 2. The first kappa shape index (κ1) is 64.9. The van der Waals surface area contributed by atoms with E-state index in [-0.39, 0.29) is 144 Å². The molecule has 0 atom stereocenters. The maximum atomic E-state index is 12.3. The first-order valence-corrected chi connectivity index (χ1v) is 21.1. The molecule has 0 aromatic heterocycles. The molecular weight excluding hydrogens is 987 g/mol. The number of nitrogens with one attached hydrogen (secondary N) is 1. The average Bonchev–Trinajstić information content (AvgIpc) is 3.09. The van der Waals surface area contributed by atoms with Gasteiger partial charge >= 0.3 is 99.3 Å². The van der Waals surface area contributed by atoms with Crippen molar-refractivity contribution in [3.8, 4) is 17.2 Å². The van der Waals surface area contributed by atoms with E-state index < -0.39 is 62.6 Å².